The third-order valence-electron chi connectivity index (χ3n) is 4.07. The van der Waals surface area contributed by atoms with E-state index in [1.54, 1.807) is 12.1 Å². The number of anilines is 1. The standard InChI is InChI=1S/C17H21N4O2/c1-13(2)8-11-20-16-12-14(21(22)23)6-7-15(16)18-17(20)19-9-4-3-5-10-19/h4,6-8,12H,3,5,9-11H2,1-2H3. The van der Waals surface area contributed by atoms with Gasteiger partial charge in [-0.2, -0.15) is 0 Å². The van der Waals surface area contributed by atoms with Crippen molar-refractivity contribution < 1.29 is 4.92 Å². The van der Waals surface area contributed by atoms with Gasteiger partial charge in [0.2, 0.25) is 5.95 Å². The topological polar surface area (TPSA) is 64.2 Å². The molecule has 2 heterocycles. The van der Waals surface area contributed by atoms with Gasteiger partial charge in [0.05, 0.1) is 16.0 Å². The van der Waals surface area contributed by atoms with Crippen molar-refractivity contribution >= 4 is 22.7 Å². The van der Waals surface area contributed by atoms with E-state index in [0.717, 1.165) is 42.9 Å². The molecule has 1 aliphatic rings. The lowest BCUT2D eigenvalue weighted by molar-refractivity contribution is -0.384. The number of aromatic nitrogens is 2. The molecule has 6 heteroatoms. The minimum absolute atomic E-state index is 0.104. The van der Waals surface area contributed by atoms with Crippen molar-refractivity contribution in [2.24, 2.45) is 0 Å². The molecule has 0 atom stereocenters. The maximum Gasteiger partial charge on any atom is 0.271 e. The second-order valence-electron chi connectivity index (χ2n) is 6.11. The number of nitro benzene ring substituents is 1. The van der Waals surface area contributed by atoms with Gasteiger partial charge in [0.15, 0.2) is 0 Å². The highest BCUT2D eigenvalue weighted by Crippen LogP contribution is 2.28. The molecule has 121 valence electrons. The summed E-state index contributed by atoms with van der Waals surface area (Å²) in [5.41, 5.74) is 2.94. The minimum atomic E-state index is -0.355. The molecule has 1 aromatic heterocycles. The fourth-order valence-corrected chi connectivity index (χ4v) is 2.85. The van der Waals surface area contributed by atoms with E-state index in [2.05, 4.69) is 35.8 Å². The normalized spacial score (nSPS) is 15.0. The van der Waals surface area contributed by atoms with Crippen molar-refractivity contribution in [3.05, 3.63) is 46.4 Å². The lowest BCUT2D eigenvalue weighted by atomic mass is 10.1. The number of hydrogen-bond acceptors (Lipinski definition) is 4. The second-order valence-corrected chi connectivity index (χ2v) is 6.11. The van der Waals surface area contributed by atoms with Gasteiger partial charge in [0.25, 0.3) is 5.69 Å². The van der Waals surface area contributed by atoms with Crippen molar-refractivity contribution in [3.63, 3.8) is 0 Å². The Morgan fingerprint density at radius 3 is 2.91 bits per heavy atom. The van der Waals surface area contributed by atoms with Crippen LogP contribution in [-0.2, 0) is 6.54 Å². The minimum Gasteiger partial charge on any atom is -0.342 e. The predicted octanol–water partition coefficient (Wildman–Crippen LogP) is 3.72. The molecule has 6 nitrogen and oxygen atoms in total. The summed E-state index contributed by atoms with van der Waals surface area (Å²) in [7, 11) is 0. The zero-order valence-electron chi connectivity index (χ0n) is 13.5. The van der Waals surface area contributed by atoms with Gasteiger partial charge >= 0.3 is 0 Å². The summed E-state index contributed by atoms with van der Waals surface area (Å²) in [5.74, 6) is 0.897. The van der Waals surface area contributed by atoms with E-state index < -0.39 is 0 Å². The summed E-state index contributed by atoms with van der Waals surface area (Å²) >= 11 is 0. The largest absolute Gasteiger partial charge is 0.342 e. The van der Waals surface area contributed by atoms with Gasteiger partial charge in [-0.3, -0.25) is 10.1 Å². The third kappa shape index (κ3) is 3.21. The van der Waals surface area contributed by atoms with Crippen molar-refractivity contribution in [3.8, 4) is 0 Å². The van der Waals surface area contributed by atoms with Crippen LogP contribution < -0.4 is 4.90 Å². The summed E-state index contributed by atoms with van der Waals surface area (Å²) in [6, 6.07) is 4.88. The number of allylic oxidation sites excluding steroid dienone is 2. The zero-order chi connectivity index (χ0) is 16.4. The van der Waals surface area contributed by atoms with Crippen molar-refractivity contribution in [1.82, 2.24) is 9.55 Å². The first-order chi connectivity index (χ1) is 11.1. The molecule has 1 saturated heterocycles. The molecule has 0 spiro atoms. The highest BCUT2D eigenvalue weighted by Gasteiger charge is 2.20. The average Bonchev–Trinajstić information content (AvgIpc) is 2.91. The second kappa shape index (κ2) is 6.40. The number of hydrogen-bond donors (Lipinski definition) is 0. The molecular formula is C17H21N4O2. The van der Waals surface area contributed by atoms with Crippen molar-refractivity contribution in [2.75, 3.05) is 18.0 Å². The molecule has 1 fully saturated rings. The van der Waals surface area contributed by atoms with Gasteiger partial charge in [-0.15, -0.1) is 0 Å². The van der Waals surface area contributed by atoms with Crippen LogP contribution in [0.15, 0.2) is 29.8 Å². The van der Waals surface area contributed by atoms with Gasteiger partial charge in [-0.05, 0) is 39.2 Å². The van der Waals surface area contributed by atoms with Gasteiger partial charge in [-0.25, -0.2) is 4.98 Å². The first-order valence-corrected chi connectivity index (χ1v) is 7.91. The first-order valence-electron chi connectivity index (χ1n) is 7.91. The number of benzene rings is 1. The fraction of sp³-hybridized carbons (Fsp3) is 0.412. The molecule has 0 amide bonds. The van der Waals surface area contributed by atoms with Gasteiger partial charge in [0.1, 0.15) is 0 Å². The van der Waals surface area contributed by atoms with E-state index in [0.29, 0.717) is 6.54 Å². The van der Waals surface area contributed by atoms with Crippen molar-refractivity contribution in [1.29, 1.82) is 0 Å². The number of fused-ring (bicyclic) bond motifs is 1. The third-order valence-corrected chi connectivity index (χ3v) is 4.07. The van der Waals surface area contributed by atoms with E-state index in [1.165, 1.54) is 11.6 Å². The Bertz CT molecular complexity index is 753. The Hall–Kier alpha value is -2.37. The average molecular weight is 313 g/mol. The van der Waals surface area contributed by atoms with Crippen LogP contribution in [0.2, 0.25) is 0 Å². The smallest absolute Gasteiger partial charge is 0.271 e. The Morgan fingerprint density at radius 2 is 2.26 bits per heavy atom. The molecule has 0 N–H and O–H groups in total. The summed E-state index contributed by atoms with van der Waals surface area (Å²) in [5, 5.41) is 11.1. The van der Waals surface area contributed by atoms with Gasteiger partial charge in [-0.1, -0.05) is 11.6 Å². The molecule has 3 rings (SSSR count). The highest BCUT2D eigenvalue weighted by molar-refractivity contribution is 5.81. The monoisotopic (exact) mass is 313 g/mol. The van der Waals surface area contributed by atoms with Crippen LogP contribution in [0.25, 0.3) is 11.0 Å². The van der Waals surface area contributed by atoms with E-state index in [4.69, 9.17) is 4.98 Å². The number of piperidine rings is 1. The first kappa shape index (κ1) is 15.5. The van der Waals surface area contributed by atoms with E-state index in [1.807, 2.05) is 0 Å². The maximum absolute atomic E-state index is 11.1. The quantitative estimate of drug-likeness (QED) is 0.490. The zero-order valence-corrected chi connectivity index (χ0v) is 13.5. The van der Waals surface area contributed by atoms with Gasteiger partial charge in [0, 0.05) is 31.8 Å². The van der Waals surface area contributed by atoms with Crippen LogP contribution in [0.3, 0.4) is 0 Å². The molecule has 1 aromatic carbocycles. The van der Waals surface area contributed by atoms with E-state index >= 15 is 0 Å². The number of imidazole rings is 1. The molecule has 1 aliphatic heterocycles. The Kier molecular flexibility index (Phi) is 4.32. The summed E-state index contributed by atoms with van der Waals surface area (Å²) in [6.45, 7) is 6.62. The SMILES string of the molecule is CC(C)=CCn1c(N2C[CH]CCC2)nc2ccc([N+](=O)[O-])cc21. The molecule has 0 saturated carbocycles. The summed E-state index contributed by atoms with van der Waals surface area (Å²) < 4.78 is 2.08. The molecule has 1 radical (unpaired) electrons. The number of rotatable bonds is 4. The van der Waals surface area contributed by atoms with Crippen LogP contribution in [0.4, 0.5) is 11.6 Å². The Labute approximate surface area is 135 Å². The van der Waals surface area contributed by atoms with Crippen LogP contribution in [0.1, 0.15) is 26.7 Å². The van der Waals surface area contributed by atoms with Crippen LogP contribution in [0.5, 0.6) is 0 Å². The van der Waals surface area contributed by atoms with E-state index in [9.17, 15) is 10.1 Å². The summed E-state index contributed by atoms with van der Waals surface area (Å²) in [4.78, 5) is 17.7. The van der Waals surface area contributed by atoms with Crippen LogP contribution in [-0.4, -0.2) is 27.6 Å². The lowest BCUT2D eigenvalue weighted by Gasteiger charge is -2.28. The predicted molar refractivity (Wildman–Crippen MR) is 91.6 cm³/mol. The maximum atomic E-state index is 11.1. The molecule has 2 aromatic rings. The Balaban J connectivity index is 2.11. The molecule has 0 bridgehead atoms. The van der Waals surface area contributed by atoms with Gasteiger partial charge < -0.3 is 9.47 Å². The molecule has 0 unspecified atom stereocenters. The molecule has 0 aliphatic carbocycles. The lowest BCUT2D eigenvalue weighted by Crippen LogP contribution is -2.32. The molecular weight excluding hydrogens is 292 g/mol. The van der Waals surface area contributed by atoms with Crippen LogP contribution >= 0.6 is 0 Å². The number of nitrogens with zero attached hydrogens (tertiary/aromatic N) is 4. The number of nitro groups is 1. The number of non-ortho nitro benzene ring substituents is 1. The highest BCUT2D eigenvalue weighted by atomic mass is 16.6. The fourth-order valence-electron chi connectivity index (χ4n) is 2.85. The Morgan fingerprint density at radius 1 is 1.43 bits per heavy atom. The van der Waals surface area contributed by atoms with Crippen LogP contribution in [0, 0.1) is 16.5 Å². The van der Waals surface area contributed by atoms with Crippen molar-refractivity contribution in [2.45, 2.75) is 33.2 Å². The molecule has 23 heavy (non-hydrogen) atoms. The van der Waals surface area contributed by atoms with E-state index in [-0.39, 0.29) is 10.6 Å². The summed E-state index contributed by atoms with van der Waals surface area (Å²) in [6.07, 6.45) is 6.63.